The summed E-state index contributed by atoms with van der Waals surface area (Å²) in [6.45, 7) is 5.27. The number of aryl methyl sites for hydroxylation is 2. The Morgan fingerprint density at radius 3 is 2.87 bits per heavy atom. The Kier molecular flexibility index (Phi) is 3.41. The van der Waals surface area contributed by atoms with Crippen molar-refractivity contribution in [3.05, 3.63) is 17.0 Å². The fraction of sp³-hybridized carbons (Fsp3) is 0.750. The maximum Gasteiger partial charge on any atom is 0.139 e. The molecule has 1 fully saturated rings. The molecular formula is C12H20N2O. The van der Waals surface area contributed by atoms with Gasteiger partial charge in [0.25, 0.3) is 0 Å². The number of nitrogens with one attached hydrogen (secondary N) is 1. The molecule has 2 heterocycles. The van der Waals surface area contributed by atoms with E-state index in [4.69, 9.17) is 4.52 Å². The topological polar surface area (TPSA) is 38.1 Å². The average molecular weight is 208 g/mol. The zero-order chi connectivity index (χ0) is 10.7. The van der Waals surface area contributed by atoms with Crippen LogP contribution in [0.1, 0.15) is 42.7 Å². The van der Waals surface area contributed by atoms with E-state index in [0.29, 0.717) is 6.04 Å². The van der Waals surface area contributed by atoms with Gasteiger partial charge in [0.1, 0.15) is 5.76 Å². The molecule has 1 aliphatic rings. The van der Waals surface area contributed by atoms with Gasteiger partial charge in [-0.05, 0) is 39.7 Å². The standard InChI is InChI=1S/C12H20N2O/c1-9-10(2)14-15-12(9)7-6-11-5-3-4-8-13-11/h11,13H,3-8H2,1-2H3. The molecule has 0 radical (unpaired) electrons. The van der Waals surface area contributed by atoms with E-state index in [9.17, 15) is 0 Å². The van der Waals surface area contributed by atoms with Gasteiger partial charge in [-0.15, -0.1) is 0 Å². The molecule has 1 N–H and O–H groups in total. The molecule has 0 saturated carbocycles. The Balaban J connectivity index is 1.84. The third-order valence-electron chi connectivity index (χ3n) is 3.39. The van der Waals surface area contributed by atoms with Crippen molar-refractivity contribution in [2.45, 2.75) is 52.0 Å². The minimum Gasteiger partial charge on any atom is -0.361 e. The lowest BCUT2D eigenvalue weighted by molar-refractivity contribution is 0.344. The van der Waals surface area contributed by atoms with E-state index in [1.54, 1.807) is 0 Å². The first-order valence-electron chi connectivity index (χ1n) is 5.92. The first kappa shape index (κ1) is 10.7. The number of hydrogen-bond acceptors (Lipinski definition) is 3. The molecule has 1 aromatic rings. The maximum absolute atomic E-state index is 5.31. The zero-order valence-electron chi connectivity index (χ0n) is 9.68. The normalized spacial score (nSPS) is 21.9. The van der Waals surface area contributed by atoms with Crippen LogP contribution in [-0.4, -0.2) is 17.7 Å². The molecule has 0 aromatic carbocycles. The van der Waals surface area contributed by atoms with E-state index in [-0.39, 0.29) is 0 Å². The second kappa shape index (κ2) is 4.79. The van der Waals surface area contributed by atoms with Crippen LogP contribution in [0, 0.1) is 13.8 Å². The summed E-state index contributed by atoms with van der Waals surface area (Å²) in [4.78, 5) is 0. The summed E-state index contributed by atoms with van der Waals surface area (Å²) in [6, 6.07) is 0.684. The summed E-state index contributed by atoms with van der Waals surface area (Å²) in [5, 5.41) is 7.54. The van der Waals surface area contributed by atoms with Gasteiger partial charge >= 0.3 is 0 Å². The van der Waals surface area contributed by atoms with Gasteiger partial charge in [-0.1, -0.05) is 11.6 Å². The van der Waals surface area contributed by atoms with Gasteiger partial charge in [-0.2, -0.15) is 0 Å². The van der Waals surface area contributed by atoms with E-state index in [0.717, 1.165) is 17.9 Å². The van der Waals surface area contributed by atoms with Crippen LogP contribution in [0.3, 0.4) is 0 Å². The first-order valence-corrected chi connectivity index (χ1v) is 5.92. The van der Waals surface area contributed by atoms with Crippen molar-refractivity contribution >= 4 is 0 Å². The van der Waals surface area contributed by atoms with Gasteiger partial charge in [0.15, 0.2) is 0 Å². The number of aromatic nitrogens is 1. The molecule has 2 rings (SSSR count). The lowest BCUT2D eigenvalue weighted by Gasteiger charge is -2.22. The molecule has 3 nitrogen and oxygen atoms in total. The molecular weight excluding hydrogens is 188 g/mol. The Hall–Kier alpha value is -0.830. The SMILES string of the molecule is Cc1noc(CCC2CCCCN2)c1C. The molecule has 0 bridgehead atoms. The van der Waals surface area contributed by atoms with Crippen LogP contribution < -0.4 is 5.32 Å². The summed E-state index contributed by atoms with van der Waals surface area (Å²) in [7, 11) is 0. The molecule has 0 amide bonds. The summed E-state index contributed by atoms with van der Waals surface area (Å²) < 4.78 is 5.31. The molecule has 0 aliphatic carbocycles. The Bertz CT molecular complexity index is 313. The maximum atomic E-state index is 5.31. The third kappa shape index (κ3) is 2.59. The number of nitrogens with zero attached hydrogens (tertiary/aromatic N) is 1. The van der Waals surface area contributed by atoms with Crippen molar-refractivity contribution in [1.29, 1.82) is 0 Å². The van der Waals surface area contributed by atoms with Gasteiger partial charge in [-0.3, -0.25) is 0 Å². The fourth-order valence-corrected chi connectivity index (χ4v) is 2.17. The van der Waals surface area contributed by atoms with Crippen molar-refractivity contribution in [3.8, 4) is 0 Å². The molecule has 84 valence electrons. The number of rotatable bonds is 3. The molecule has 15 heavy (non-hydrogen) atoms. The second-order valence-electron chi connectivity index (χ2n) is 4.50. The lowest BCUT2D eigenvalue weighted by atomic mass is 9.99. The molecule has 1 unspecified atom stereocenters. The van der Waals surface area contributed by atoms with Crippen LogP contribution in [0.15, 0.2) is 4.52 Å². The predicted octanol–water partition coefficient (Wildman–Crippen LogP) is 2.37. The number of hydrogen-bond donors (Lipinski definition) is 1. The predicted molar refractivity (Wildman–Crippen MR) is 59.9 cm³/mol. The lowest BCUT2D eigenvalue weighted by Crippen LogP contribution is -2.34. The van der Waals surface area contributed by atoms with Crippen LogP contribution in [-0.2, 0) is 6.42 Å². The van der Waals surface area contributed by atoms with Crippen LogP contribution >= 0.6 is 0 Å². The summed E-state index contributed by atoms with van der Waals surface area (Å²) in [5.41, 5.74) is 2.26. The van der Waals surface area contributed by atoms with Crippen LogP contribution in [0.5, 0.6) is 0 Å². The molecule has 3 heteroatoms. The first-order chi connectivity index (χ1) is 7.27. The summed E-state index contributed by atoms with van der Waals surface area (Å²) in [5.74, 6) is 1.07. The average Bonchev–Trinajstić information content (AvgIpc) is 2.59. The second-order valence-corrected chi connectivity index (χ2v) is 4.50. The highest BCUT2D eigenvalue weighted by Gasteiger charge is 2.15. The van der Waals surface area contributed by atoms with Crippen LogP contribution in [0.4, 0.5) is 0 Å². The Labute approximate surface area is 91.2 Å². The largest absolute Gasteiger partial charge is 0.361 e. The highest BCUT2D eigenvalue weighted by Crippen LogP contribution is 2.17. The monoisotopic (exact) mass is 208 g/mol. The van der Waals surface area contributed by atoms with Crippen molar-refractivity contribution in [2.75, 3.05) is 6.54 Å². The van der Waals surface area contributed by atoms with E-state index < -0.39 is 0 Å². The molecule has 0 spiro atoms. The highest BCUT2D eigenvalue weighted by molar-refractivity contribution is 5.19. The van der Waals surface area contributed by atoms with E-state index >= 15 is 0 Å². The minimum absolute atomic E-state index is 0.684. The van der Waals surface area contributed by atoms with Crippen LogP contribution in [0.25, 0.3) is 0 Å². The van der Waals surface area contributed by atoms with E-state index in [1.165, 1.54) is 37.8 Å². The van der Waals surface area contributed by atoms with Gasteiger partial charge in [-0.25, -0.2) is 0 Å². The Morgan fingerprint density at radius 1 is 1.40 bits per heavy atom. The van der Waals surface area contributed by atoms with Gasteiger partial charge in [0, 0.05) is 18.0 Å². The Morgan fingerprint density at radius 2 is 2.27 bits per heavy atom. The van der Waals surface area contributed by atoms with Crippen molar-refractivity contribution < 1.29 is 4.52 Å². The van der Waals surface area contributed by atoms with Crippen molar-refractivity contribution in [3.63, 3.8) is 0 Å². The fourth-order valence-electron chi connectivity index (χ4n) is 2.17. The van der Waals surface area contributed by atoms with Crippen molar-refractivity contribution in [1.82, 2.24) is 10.5 Å². The quantitative estimate of drug-likeness (QED) is 0.828. The van der Waals surface area contributed by atoms with E-state index in [1.807, 2.05) is 6.92 Å². The molecule has 1 atom stereocenters. The summed E-state index contributed by atoms with van der Waals surface area (Å²) >= 11 is 0. The number of piperidine rings is 1. The van der Waals surface area contributed by atoms with Gasteiger partial charge < -0.3 is 9.84 Å². The smallest absolute Gasteiger partial charge is 0.139 e. The third-order valence-corrected chi connectivity index (χ3v) is 3.39. The summed E-state index contributed by atoms with van der Waals surface area (Å²) in [6.07, 6.45) is 6.20. The van der Waals surface area contributed by atoms with Gasteiger partial charge in [0.2, 0.25) is 0 Å². The molecule has 1 saturated heterocycles. The van der Waals surface area contributed by atoms with Crippen LogP contribution in [0.2, 0.25) is 0 Å². The zero-order valence-corrected chi connectivity index (χ0v) is 9.68. The van der Waals surface area contributed by atoms with Crippen molar-refractivity contribution in [2.24, 2.45) is 0 Å². The molecule has 1 aromatic heterocycles. The minimum atomic E-state index is 0.684. The van der Waals surface area contributed by atoms with Gasteiger partial charge in [0.05, 0.1) is 5.69 Å². The van der Waals surface area contributed by atoms with E-state index in [2.05, 4.69) is 17.4 Å². The molecule has 1 aliphatic heterocycles. The highest BCUT2D eigenvalue weighted by atomic mass is 16.5.